The molecule has 0 atom stereocenters. The van der Waals surface area contributed by atoms with Crippen molar-refractivity contribution < 1.29 is 18.0 Å². The zero-order chi connectivity index (χ0) is 21.5. The summed E-state index contributed by atoms with van der Waals surface area (Å²) in [5.41, 5.74) is 0.579. The topological polar surface area (TPSA) is 79.8 Å². The number of hydrogen-bond acceptors (Lipinski definition) is 4. The Bertz CT molecular complexity index is 1330. The summed E-state index contributed by atoms with van der Waals surface area (Å²) in [5.74, 6) is -0.628. The second-order valence-electron chi connectivity index (χ2n) is 6.57. The molecule has 0 spiro atoms. The standard InChI is InChI=1S/C20H15F3N4O2S/c1-27-18(29)17-16(13-7-2-3-8-14(13)25-17)26-19(27)30-10-15(28)24-12-6-4-5-11(9-12)20(21,22)23/h2-9,25H,10H2,1H3,(H,24,28). The number of aromatic amines is 1. The van der Waals surface area contributed by atoms with Gasteiger partial charge in [-0.05, 0) is 24.3 Å². The number of carbonyl (C=O) groups is 1. The Hall–Kier alpha value is -3.27. The molecule has 0 aliphatic carbocycles. The molecular weight excluding hydrogens is 417 g/mol. The van der Waals surface area contributed by atoms with Crippen molar-refractivity contribution in [3.05, 3.63) is 64.4 Å². The quantitative estimate of drug-likeness (QED) is 0.375. The molecule has 0 aliphatic heterocycles. The lowest BCUT2D eigenvalue weighted by molar-refractivity contribution is -0.137. The maximum absolute atomic E-state index is 12.8. The molecule has 154 valence electrons. The predicted molar refractivity (Wildman–Crippen MR) is 110 cm³/mol. The molecule has 0 fully saturated rings. The van der Waals surface area contributed by atoms with E-state index >= 15 is 0 Å². The van der Waals surface area contributed by atoms with Crippen LogP contribution in [0, 0.1) is 0 Å². The van der Waals surface area contributed by atoms with E-state index in [1.807, 2.05) is 24.3 Å². The average molecular weight is 432 g/mol. The number of alkyl halides is 3. The highest BCUT2D eigenvalue weighted by Crippen LogP contribution is 2.31. The molecular formula is C20H15F3N4O2S. The van der Waals surface area contributed by atoms with Gasteiger partial charge in [0.05, 0.1) is 11.3 Å². The second kappa shape index (κ2) is 7.52. The molecule has 2 heterocycles. The van der Waals surface area contributed by atoms with Gasteiger partial charge in [-0.15, -0.1) is 0 Å². The predicted octanol–water partition coefficient (Wildman–Crippen LogP) is 4.16. The number of nitrogens with zero attached hydrogens (tertiary/aromatic N) is 2. The molecule has 0 saturated carbocycles. The third-order valence-corrected chi connectivity index (χ3v) is 5.53. The van der Waals surface area contributed by atoms with Gasteiger partial charge in [0, 0.05) is 23.6 Å². The summed E-state index contributed by atoms with van der Waals surface area (Å²) >= 11 is 1.03. The van der Waals surface area contributed by atoms with Crippen LogP contribution < -0.4 is 10.9 Å². The number of para-hydroxylation sites is 1. The average Bonchev–Trinajstić information content (AvgIpc) is 3.08. The van der Waals surface area contributed by atoms with Crippen molar-refractivity contribution in [2.24, 2.45) is 7.05 Å². The molecule has 0 aliphatic rings. The molecule has 2 N–H and O–H groups in total. The highest BCUT2D eigenvalue weighted by atomic mass is 32.2. The monoisotopic (exact) mass is 432 g/mol. The molecule has 0 bridgehead atoms. The normalized spacial score (nSPS) is 11.9. The first kappa shape index (κ1) is 20.0. The molecule has 0 radical (unpaired) electrons. The summed E-state index contributed by atoms with van der Waals surface area (Å²) < 4.78 is 39.8. The van der Waals surface area contributed by atoms with E-state index in [1.165, 1.54) is 16.7 Å². The van der Waals surface area contributed by atoms with Crippen LogP contribution >= 0.6 is 11.8 Å². The number of hydrogen-bond donors (Lipinski definition) is 2. The number of thioether (sulfide) groups is 1. The number of halogens is 3. The Balaban J connectivity index is 1.55. The largest absolute Gasteiger partial charge is 0.416 e. The minimum absolute atomic E-state index is 0.0457. The lowest BCUT2D eigenvalue weighted by atomic mass is 10.2. The van der Waals surface area contributed by atoms with Crippen molar-refractivity contribution in [1.82, 2.24) is 14.5 Å². The summed E-state index contributed by atoms with van der Waals surface area (Å²) in [6.45, 7) is 0. The van der Waals surface area contributed by atoms with Crippen LogP contribution in [0.15, 0.2) is 58.5 Å². The highest BCUT2D eigenvalue weighted by Gasteiger charge is 2.30. The van der Waals surface area contributed by atoms with Crippen LogP contribution in [0.5, 0.6) is 0 Å². The van der Waals surface area contributed by atoms with Crippen molar-refractivity contribution in [1.29, 1.82) is 0 Å². The zero-order valence-electron chi connectivity index (χ0n) is 15.6. The minimum Gasteiger partial charge on any atom is -0.349 e. The first-order valence-electron chi connectivity index (χ1n) is 8.81. The van der Waals surface area contributed by atoms with Gasteiger partial charge in [-0.1, -0.05) is 36.0 Å². The number of aromatic nitrogens is 3. The van der Waals surface area contributed by atoms with E-state index in [9.17, 15) is 22.8 Å². The Morgan fingerprint density at radius 2 is 1.97 bits per heavy atom. The van der Waals surface area contributed by atoms with Crippen LogP contribution in [0.1, 0.15) is 5.56 Å². The highest BCUT2D eigenvalue weighted by molar-refractivity contribution is 7.99. The fourth-order valence-electron chi connectivity index (χ4n) is 3.05. The summed E-state index contributed by atoms with van der Waals surface area (Å²) in [5, 5.41) is 3.56. The van der Waals surface area contributed by atoms with Gasteiger partial charge in [-0.3, -0.25) is 14.2 Å². The number of rotatable bonds is 4. The number of H-pyrrole nitrogens is 1. The first-order chi connectivity index (χ1) is 14.2. The van der Waals surface area contributed by atoms with Crippen molar-refractivity contribution in [3.8, 4) is 0 Å². The summed E-state index contributed by atoms with van der Waals surface area (Å²) in [6, 6.07) is 11.8. The summed E-state index contributed by atoms with van der Waals surface area (Å²) in [7, 11) is 1.55. The van der Waals surface area contributed by atoms with E-state index < -0.39 is 17.6 Å². The van der Waals surface area contributed by atoms with Crippen LogP contribution in [-0.2, 0) is 18.0 Å². The number of nitrogens with one attached hydrogen (secondary N) is 2. The molecule has 0 unspecified atom stereocenters. The number of amides is 1. The van der Waals surface area contributed by atoms with Gasteiger partial charge in [0.1, 0.15) is 11.0 Å². The van der Waals surface area contributed by atoms with E-state index in [1.54, 1.807) is 7.05 Å². The van der Waals surface area contributed by atoms with Crippen molar-refractivity contribution in [3.63, 3.8) is 0 Å². The third kappa shape index (κ3) is 3.78. The van der Waals surface area contributed by atoms with Crippen LogP contribution in [0.25, 0.3) is 21.9 Å². The van der Waals surface area contributed by atoms with Gasteiger partial charge in [0.2, 0.25) is 5.91 Å². The molecule has 2 aromatic heterocycles. The molecule has 4 rings (SSSR count). The zero-order valence-corrected chi connectivity index (χ0v) is 16.4. The Morgan fingerprint density at radius 1 is 1.20 bits per heavy atom. The van der Waals surface area contributed by atoms with Gasteiger partial charge in [-0.25, -0.2) is 4.98 Å². The lowest BCUT2D eigenvalue weighted by Gasteiger charge is -2.10. The van der Waals surface area contributed by atoms with E-state index in [0.717, 1.165) is 34.8 Å². The first-order valence-corrected chi connectivity index (χ1v) is 9.80. The summed E-state index contributed by atoms with van der Waals surface area (Å²) in [4.78, 5) is 32.5. The molecule has 1 amide bonds. The lowest BCUT2D eigenvalue weighted by Crippen LogP contribution is -2.21. The Morgan fingerprint density at radius 3 is 2.73 bits per heavy atom. The summed E-state index contributed by atoms with van der Waals surface area (Å²) in [6.07, 6.45) is -4.49. The molecule has 2 aromatic carbocycles. The van der Waals surface area contributed by atoms with Gasteiger partial charge < -0.3 is 10.3 Å². The number of fused-ring (bicyclic) bond motifs is 3. The van der Waals surface area contributed by atoms with E-state index in [-0.39, 0.29) is 17.0 Å². The number of anilines is 1. The van der Waals surface area contributed by atoms with Gasteiger partial charge >= 0.3 is 6.18 Å². The molecule has 6 nitrogen and oxygen atoms in total. The van der Waals surface area contributed by atoms with Crippen LogP contribution in [0.3, 0.4) is 0 Å². The van der Waals surface area contributed by atoms with Gasteiger partial charge in [0.25, 0.3) is 5.56 Å². The smallest absolute Gasteiger partial charge is 0.349 e. The fraction of sp³-hybridized carbons (Fsp3) is 0.150. The molecule has 4 aromatic rings. The molecule has 10 heteroatoms. The fourth-order valence-corrected chi connectivity index (χ4v) is 3.82. The Labute approximate surface area is 172 Å². The van der Waals surface area contributed by atoms with Gasteiger partial charge in [-0.2, -0.15) is 13.2 Å². The maximum atomic E-state index is 12.8. The van der Waals surface area contributed by atoms with E-state index in [4.69, 9.17) is 0 Å². The Kier molecular flexibility index (Phi) is 5.02. The number of benzene rings is 2. The third-order valence-electron chi connectivity index (χ3n) is 4.50. The van der Waals surface area contributed by atoms with Crippen LogP contribution in [0.4, 0.5) is 18.9 Å². The van der Waals surface area contributed by atoms with Crippen molar-refractivity contribution in [2.75, 3.05) is 11.1 Å². The van der Waals surface area contributed by atoms with Crippen molar-refractivity contribution >= 4 is 45.3 Å². The molecule has 30 heavy (non-hydrogen) atoms. The van der Waals surface area contributed by atoms with Crippen LogP contribution in [0.2, 0.25) is 0 Å². The second-order valence-corrected chi connectivity index (χ2v) is 7.51. The van der Waals surface area contributed by atoms with E-state index in [0.29, 0.717) is 16.2 Å². The molecule has 0 saturated heterocycles. The van der Waals surface area contributed by atoms with E-state index in [2.05, 4.69) is 15.3 Å². The van der Waals surface area contributed by atoms with Gasteiger partial charge in [0.15, 0.2) is 5.16 Å². The maximum Gasteiger partial charge on any atom is 0.416 e. The number of carbonyl (C=O) groups excluding carboxylic acids is 1. The van der Waals surface area contributed by atoms with Crippen molar-refractivity contribution in [2.45, 2.75) is 11.3 Å². The van der Waals surface area contributed by atoms with Crippen LogP contribution in [-0.4, -0.2) is 26.2 Å². The minimum atomic E-state index is -4.49. The SMILES string of the molecule is Cn1c(SCC(=O)Nc2cccc(C(F)(F)F)c2)nc2c([nH]c3ccccc32)c1=O.